The van der Waals surface area contributed by atoms with E-state index in [4.69, 9.17) is 16.9 Å². The summed E-state index contributed by atoms with van der Waals surface area (Å²) in [6, 6.07) is 9.59. The first-order chi connectivity index (χ1) is 10.2. The molecular weight excluding hydrogens is 284 g/mol. The second-order valence-corrected chi connectivity index (χ2v) is 6.58. The van der Waals surface area contributed by atoms with E-state index in [2.05, 4.69) is 6.07 Å². The van der Waals surface area contributed by atoms with Crippen LogP contribution in [-0.2, 0) is 11.3 Å². The van der Waals surface area contributed by atoms with E-state index in [9.17, 15) is 4.79 Å². The molecule has 0 aromatic heterocycles. The lowest BCUT2D eigenvalue weighted by Gasteiger charge is -2.26. The van der Waals surface area contributed by atoms with Gasteiger partial charge in [-0.1, -0.05) is 12.1 Å². The number of hydrogen-bond donors (Lipinski definition) is 0. The minimum absolute atomic E-state index is 0.0143. The Morgan fingerprint density at radius 2 is 2.10 bits per heavy atom. The number of carbonyl (C=O) groups excluding carboxylic acids is 1. The van der Waals surface area contributed by atoms with E-state index in [1.165, 1.54) is 19.3 Å². The highest BCUT2D eigenvalue weighted by Gasteiger charge is 2.46. The number of rotatable bonds is 5. The van der Waals surface area contributed by atoms with Gasteiger partial charge in [0.15, 0.2) is 0 Å². The Bertz CT molecular complexity index is 570. The predicted octanol–water partition coefficient (Wildman–Crippen LogP) is 3.17. The average Bonchev–Trinajstić information content (AvgIpc) is 3.12. The largest absolute Gasteiger partial charge is 0.337 e. The molecule has 2 aliphatic rings. The van der Waals surface area contributed by atoms with Gasteiger partial charge in [-0.3, -0.25) is 4.79 Å². The molecule has 2 unspecified atom stereocenters. The SMILES string of the molecule is N#Cc1cccc(CN(CC2CC3CC3C2)C(=O)CCl)c1. The summed E-state index contributed by atoms with van der Waals surface area (Å²) in [5.74, 6) is 2.48. The first kappa shape index (κ1) is 14.4. The van der Waals surface area contributed by atoms with Crippen LogP contribution in [0.4, 0.5) is 0 Å². The van der Waals surface area contributed by atoms with E-state index in [1.807, 2.05) is 23.1 Å². The number of amides is 1. The zero-order valence-electron chi connectivity index (χ0n) is 12.0. The molecule has 0 saturated heterocycles. The smallest absolute Gasteiger partial charge is 0.237 e. The molecule has 4 heteroatoms. The van der Waals surface area contributed by atoms with Crippen molar-refractivity contribution in [3.05, 3.63) is 35.4 Å². The lowest BCUT2D eigenvalue weighted by molar-refractivity contribution is -0.129. The van der Waals surface area contributed by atoms with Crippen LogP contribution in [-0.4, -0.2) is 23.2 Å². The first-order valence-corrected chi connectivity index (χ1v) is 8.06. The molecule has 0 radical (unpaired) electrons. The molecule has 0 N–H and O–H groups in total. The highest BCUT2D eigenvalue weighted by Crippen LogP contribution is 2.54. The number of nitrogens with zero attached hydrogens (tertiary/aromatic N) is 2. The van der Waals surface area contributed by atoms with Crippen molar-refractivity contribution in [1.82, 2.24) is 4.90 Å². The van der Waals surface area contributed by atoms with Gasteiger partial charge in [-0.2, -0.15) is 5.26 Å². The molecule has 2 saturated carbocycles. The summed E-state index contributed by atoms with van der Waals surface area (Å²) in [5, 5.41) is 8.96. The summed E-state index contributed by atoms with van der Waals surface area (Å²) < 4.78 is 0. The molecule has 1 amide bonds. The number of carbonyl (C=O) groups is 1. The van der Waals surface area contributed by atoms with Gasteiger partial charge >= 0.3 is 0 Å². The summed E-state index contributed by atoms with van der Waals surface area (Å²) >= 11 is 5.75. The van der Waals surface area contributed by atoms with Gasteiger partial charge in [-0.05, 0) is 54.7 Å². The maximum atomic E-state index is 12.1. The van der Waals surface area contributed by atoms with Crippen molar-refractivity contribution < 1.29 is 4.79 Å². The summed E-state index contributed by atoms with van der Waals surface area (Å²) in [5.41, 5.74) is 1.63. The molecule has 1 aromatic rings. The van der Waals surface area contributed by atoms with Crippen molar-refractivity contribution in [2.45, 2.75) is 25.8 Å². The molecule has 21 heavy (non-hydrogen) atoms. The van der Waals surface area contributed by atoms with Gasteiger partial charge in [0, 0.05) is 13.1 Å². The molecule has 0 spiro atoms. The van der Waals surface area contributed by atoms with Crippen LogP contribution in [0.5, 0.6) is 0 Å². The zero-order chi connectivity index (χ0) is 14.8. The van der Waals surface area contributed by atoms with Crippen LogP contribution in [0.2, 0.25) is 0 Å². The van der Waals surface area contributed by atoms with Gasteiger partial charge in [-0.15, -0.1) is 11.6 Å². The fourth-order valence-electron chi connectivity index (χ4n) is 3.60. The Labute approximate surface area is 130 Å². The van der Waals surface area contributed by atoms with Gasteiger partial charge < -0.3 is 4.90 Å². The van der Waals surface area contributed by atoms with Crippen LogP contribution >= 0.6 is 11.6 Å². The predicted molar refractivity (Wildman–Crippen MR) is 81.6 cm³/mol. The van der Waals surface area contributed by atoms with Crippen LogP contribution in [0.3, 0.4) is 0 Å². The Kier molecular flexibility index (Phi) is 4.17. The van der Waals surface area contributed by atoms with Crippen LogP contribution < -0.4 is 0 Å². The molecule has 0 aliphatic heterocycles. The average molecular weight is 303 g/mol. The highest BCUT2D eigenvalue weighted by atomic mass is 35.5. The minimum atomic E-state index is -0.0143. The fourth-order valence-corrected chi connectivity index (χ4v) is 3.77. The maximum absolute atomic E-state index is 12.1. The Morgan fingerprint density at radius 3 is 2.76 bits per heavy atom. The second kappa shape index (κ2) is 6.07. The monoisotopic (exact) mass is 302 g/mol. The quantitative estimate of drug-likeness (QED) is 0.784. The molecule has 2 atom stereocenters. The van der Waals surface area contributed by atoms with Gasteiger partial charge in [0.1, 0.15) is 5.88 Å². The highest BCUT2D eigenvalue weighted by molar-refractivity contribution is 6.27. The third-order valence-corrected chi connectivity index (χ3v) is 4.94. The summed E-state index contributed by atoms with van der Waals surface area (Å²) in [6.07, 6.45) is 3.91. The molecule has 110 valence electrons. The number of halogens is 1. The second-order valence-electron chi connectivity index (χ2n) is 6.31. The van der Waals surface area contributed by atoms with Crippen molar-refractivity contribution in [1.29, 1.82) is 5.26 Å². The normalized spacial score (nSPS) is 26.0. The maximum Gasteiger partial charge on any atom is 0.237 e. The van der Waals surface area contributed by atoms with Crippen LogP contribution in [0.25, 0.3) is 0 Å². The Balaban J connectivity index is 1.66. The number of nitriles is 1. The Morgan fingerprint density at radius 1 is 1.33 bits per heavy atom. The summed E-state index contributed by atoms with van der Waals surface area (Å²) in [4.78, 5) is 13.9. The molecular formula is C17H19ClN2O. The van der Waals surface area contributed by atoms with E-state index in [0.717, 1.165) is 23.9 Å². The van der Waals surface area contributed by atoms with Gasteiger partial charge in [0.2, 0.25) is 5.91 Å². The molecule has 3 rings (SSSR count). The molecule has 0 heterocycles. The lowest BCUT2D eigenvalue weighted by Crippen LogP contribution is -2.35. The molecule has 2 aliphatic carbocycles. The number of hydrogen-bond acceptors (Lipinski definition) is 2. The number of alkyl halides is 1. The van der Waals surface area contributed by atoms with Crippen LogP contribution in [0.15, 0.2) is 24.3 Å². The van der Waals surface area contributed by atoms with Gasteiger partial charge in [0.05, 0.1) is 11.6 Å². The topological polar surface area (TPSA) is 44.1 Å². The summed E-state index contributed by atoms with van der Waals surface area (Å²) in [7, 11) is 0. The van der Waals surface area contributed by atoms with Crippen molar-refractivity contribution in [2.24, 2.45) is 17.8 Å². The van der Waals surface area contributed by atoms with E-state index in [1.54, 1.807) is 6.07 Å². The summed E-state index contributed by atoms with van der Waals surface area (Å²) in [6.45, 7) is 1.35. The standard InChI is InChI=1S/C17H19ClN2O/c18-8-17(21)20(11-14-5-15-7-16(15)6-14)10-13-3-1-2-12(4-13)9-19/h1-4,14-16H,5-8,10-11H2. The number of fused-ring (bicyclic) bond motifs is 1. The lowest BCUT2D eigenvalue weighted by atomic mass is 10.0. The van der Waals surface area contributed by atoms with Gasteiger partial charge in [-0.25, -0.2) is 0 Å². The van der Waals surface area contributed by atoms with E-state index < -0.39 is 0 Å². The third-order valence-electron chi connectivity index (χ3n) is 4.72. The van der Waals surface area contributed by atoms with Crippen molar-refractivity contribution in [3.63, 3.8) is 0 Å². The minimum Gasteiger partial charge on any atom is -0.337 e. The zero-order valence-corrected chi connectivity index (χ0v) is 12.7. The van der Waals surface area contributed by atoms with Crippen molar-refractivity contribution in [2.75, 3.05) is 12.4 Å². The van der Waals surface area contributed by atoms with Crippen molar-refractivity contribution in [3.8, 4) is 6.07 Å². The van der Waals surface area contributed by atoms with Crippen molar-refractivity contribution >= 4 is 17.5 Å². The first-order valence-electron chi connectivity index (χ1n) is 7.52. The van der Waals surface area contributed by atoms with E-state index >= 15 is 0 Å². The third kappa shape index (κ3) is 3.39. The number of benzene rings is 1. The molecule has 3 nitrogen and oxygen atoms in total. The van der Waals surface area contributed by atoms with E-state index in [-0.39, 0.29) is 11.8 Å². The van der Waals surface area contributed by atoms with E-state index in [0.29, 0.717) is 18.0 Å². The van der Waals surface area contributed by atoms with Crippen LogP contribution in [0, 0.1) is 29.1 Å². The fraction of sp³-hybridized carbons (Fsp3) is 0.529. The van der Waals surface area contributed by atoms with Gasteiger partial charge in [0.25, 0.3) is 0 Å². The molecule has 1 aromatic carbocycles. The molecule has 0 bridgehead atoms. The Hall–Kier alpha value is -1.53. The molecule has 2 fully saturated rings. The van der Waals surface area contributed by atoms with Crippen LogP contribution in [0.1, 0.15) is 30.4 Å².